The summed E-state index contributed by atoms with van der Waals surface area (Å²) in [6, 6.07) is 10.9. The van der Waals surface area contributed by atoms with E-state index in [9.17, 15) is 4.79 Å². The summed E-state index contributed by atoms with van der Waals surface area (Å²) in [5.74, 6) is -0.0285. The van der Waals surface area contributed by atoms with Crippen molar-refractivity contribution in [1.29, 1.82) is 0 Å². The molecule has 0 unspecified atom stereocenters. The highest BCUT2D eigenvalue weighted by atomic mass is 16.5. The zero-order valence-corrected chi connectivity index (χ0v) is 11.2. The Bertz CT molecular complexity index is 445. The van der Waals surface area contributed by atoms with Gasteiger partial charge in [-0.3, -0.25) is 9.69 Å². The van der Waals surface area contributed by atoms with Gasteiger partial charge in [-0.1, -0.05) is 30.3 Å². The lowest BCUT2D eigenvalue weighted by atomic mass is 9.97. The van der Waals surface area contributed by atoms with E-state index in [0.717, 1.165) is 6.54 Å². The molecule has 2 atom stereocenters. The van der Waals surface area contributed by atoms with Crippen molar-refractivity contribution in [2.24, 2.45) is 0 Å². The summed E-state index contributed by atoms with van der Waals surface area (Å²) in [4.78, 5) is 14.5. The van der Waals surface area contributed by atoms with Gasteiger partial charge in [0.2, 0.25) is 0 Å². The molecule has 2 fully saturated rings. The molecule has 1 aromatic carbocycles. The van der Waals surface area contributed by atoms with Crippen LogP contribution in [-0.4, -0.2) is 43.2 Å². The standard InChI is InChI=1S/C15H20N2O2/c1-16-15(18)14-13(11-5-3-2-4-6-11)17(9-10-19-14)12-7-8-12/h2-6,12-14H,7-10H2,1H3,(H,16,18)/t13-,14+/m0/s1. The molecule has 4 heteroatoms. The fraction of sp³-hybridized carbons (Fsp3) is 0.533. The fourth-order valence-corrected chi connectivity index (χ4v) is 2.88. The number of nitrogens with zero attached hydrogens (tertiary/aromatic N) is 1. The normalized spacial score (nSPS) is 28.1. The number of ether oxygens (including phenoxy) is 1. The number of morpholine rings is 1. The topological polar surface area (TPSA) is 41.6 Å². The number of nitrogens with one attached hydrogen (secondary N) is 1. The number of amides is 1. The maximum Gasteiger partial charge on any atom is 0.250 e. The van der Waals surface area contributed by atoms with Crippen LogP contribution >= 0.6 is 0 Å². The minimum Gasteiger partial charge on any atom is -0.365 e. The number of hydrogen-bond donors (Lipinski definition) is 1. The van der Waals surface area contributed by atoms with E-state index < -0.39 is 6.10 Å². The molecule has 102 valence electrons. The molecule has 1 heterocycles. The Balaban J connectivity index is 1.92. The number of carbonyl (C=O) groups is 1. The Morgan fingerprint density at radius 3 is 2.68 bits per heavy atom. The van der Waals surface area contributed by atoms with Gasteiger partial charge in [0.15, 0.2) is 6.10 Å². The van der Waals surface area contributed by atoms with Crippen LogP contribution in [0.15, 0.2) is 30.3 Å². The van der Waals surface area contributed by atoms with E-state index in [2.05, 4.69) is 22.3 Å². The number of hydrogen-bond acceptors (Lipinski definition) is 3. The van der Waals surface area contributed by atoms with E-state index in [4.69, 9.17) is 4.74 Å². The molecule has 4 nitrogen and oxygen atoms in total. The van der Waals surface area contributed by atoms with Crippen LogP contribution in [0.2, 0.25) is 0 Å². The van der Waals surface area contributed by atoms with Crippen molar-refractivity contribution >= 4 is 5.91 Å². The Morgan fingerprint density at radius 2 is 2.05 bits per heavy atom. The summed E-state index contributed by atoms with van der Waals surface area (Å²) in [5, 5.41) is 2.72. The minimum atomic E-state index is -0.401. The number of likely N-dealkylation sites (N-methyl/N-ethyl adjacent to an activating group) is 1. The lowest BCUT2D eigenvalue weighted by molar-refractivity contribution is -0.146. The molecule has 0 bridgehead atoms. The SMILES string of the molecule is CNC(=O)[C@@H]1OCCN(C2CC2)[C@H]1c1ccccc1. The third kappa shape index (κ3) is 2.51. The van der Waals surface area contributed by atoms with Gasteiger partial charge in [-0.05, 0) is 18.4 Å². The Labute approximate surface area is 113 Å². The molecule has 19 heavy (non-hydrogen) atoms. The number of rotatable bonds is 3. The number of carbonyl (C=O) groups excluding carboxylic acids is 1. The molecule has 1 aliphatic heterocycles. The predicted octanol–water partition coefficient (Wildman–Crippen LogP) is 1.34. The first kappa shape index (κ1) is 12.6. The summed E-state index contributed by atoms with van der Waals surface area (Å²) in [6.45, 7) is 1.55. The largest absolute Gasteiger partial charge is 0.365 e. The van der Waals surface area contributed by atoms with Gasteiger partial charge in [0.05, 0.1) is 12.6 Å². The fourth-order valence-electron chi connectivity index (χ4n) is 2.88. The summed E-state index contributed by atoms with van der Waals surface area (Å²) in [7, 11) is 1.67. The highest BCUT2D eigenvalue weighted by Gasteiger charge is 2.43. The molecular formula is C15H20N2O2. The summed E-state index contributed by atoms with van der Waals surface area (Å²) >= 11 is 0. The highest BCUT2D eigenvalue weighted by Crippen LogP contribution is 2.38. The second kappa shape index (κ2) is 5.31. The second-order valence-electron chi connectivity index (χ2n) is 5.23. The van der Waals surface area contributed by atoms with Gasteiger partial charge in [-0.25, -0.2) is 0 Å². The molecular weight excluding hydrogens is 240 g/mol. The first-order valence-corrected chi connectivity index (χ1v) is 6.95. The first-order chi connectivity index (χ1) is 9.31. The molecule has 0 radical (unpaired) electrons. The van der Waals surface area contributed by atoms with Gasteiger partial charge in [0, 0.05) is 19.6 Å². The third-order valence-corrected chi connectivity index (χ3v) is 3.95. The van der Waals surface area contributed by atoms with Crippen LogP contribution in [0.25, 0.3) is 0 Å². The van der Waals surface area contributed by atoms with Crippen LogP contribution < -0.4 is 5.32 Å². The van der Waals surface area contributed by atoms with E-state index in [1.54, 1.807) is 7.05 Å². The average molecular weight is 260 g/mol. The average Bonchev–Trinajstić information content (AvgIpc) is 3.31. The molecule has 1 aromatic rings. The van der Waals surface area contributed by atoms with Crippen molar-refractivity contribution in [2.45, 2.75) is 31.0 Å². The van der Waals surface area contributed by atoms with E-state index in [0.29, 0.717) is 12.6 Å². The predicted molar refractivity (Wildman–Crippen MR) is 72.7 cm³/mol. The zero-order valence-electron chi connectivity index (χ0n) is 11.2. The minimum absolute atomic E-state index is 0.0285. The molecule has 0 spiro atoms. The van der Waals surface area contributed by atoms with E-state index in [1.807, 2.05) is 18.2 Å². The van der Waals surface area contributed by atoms with Crippen molar-refractivity contribution < 1.29 is 9.53 Å². The van der Waals surface area contributed by atoms with Gasteiger partial charge in [-0.2, -0.15) is 0 Å². The van der Waals surface area contributed by atoms with Crippen molar-refractivity contribution in [3.05, 3.63) is 35.9 Å². The van der Waals surface area contributed by atoms with Crippen LogP contribution in [-0.2, 0) is 9.53 Å². The maximum atomic E-state index is 12.1. The quantitative estimate of drug-likeness (QED) is 0.891. The molecule has 2 aliphatic rings. The van der Waals surface area contributed by atoms with Crippen LogP contribution in [0, 0.1) is 0 Å². The Kier molecular flexibility index (Phi) is 3.53. The number of benzene rings is 1. The molecule has 1 amide bonds. The molecule has 1 aliphatic carbocycles. The monoisotopic (exact) mass is 260 g/mol. The Hall–Kier alpha value is -1.39. The van der Waals surface area contributed by atoms with Crippen LogP contribution in [0.1, 0.15) is 24.4 Å². The van der Waals surface area contributed by atoms with Crippen LogP contribution in [0.5, 0.6) is 0 Å². The smallest absolute Gasteiger partial charge is 0.250 e. The van der Waals surface area contributed by atoms with E-state index >= 15 is 0 Å². The second-order valence-corrected chi connectivity index (χ2v) is 5.23. The van der Waals surface area contributed by atoms with Gasteiger partial charge in [0.1, 0.15) is 0 Å². The lowest BCUT2D eigenvalue weighted by Crippen LogP contribution is -2.52. The molecule has 1 saturated heterocycles. The van der Waals surface area contributed by atoms with Gasteiger partial charge in [-0.15, -0.1) is 0 Å². The molecule has 0 aromatic heterocycles. The molecule has 1 N–H and O–H groups in total. The van der Waals surface area contributed by atoms with E-state index in [-0.39, 0.29) is 11.9 Å². The van der Waals surface area contributed by atoms with Crippen molar-refractivity contribution in [3.63, 3.8) is 0 Å². The summed E-state index contributed by atoms with van der Waals surface area (Å²) in [6.07, 6.45) is 2.08. The van der Waals surface area contributed by atoms with Crippen molar-refractivity contribution in [3.8, 4) is 0 Å². The molecule has 3 rings (SSSR count). The molecule has 1 saturated carbocycles. The summed E-state index contributed by atoms with van der Waals surface area (Å²) < 4.78 is 5.75. The van der Waals surface area contributed by atoms with Crippen LogP contribution in [0.3, 0.4) is 0 Å². The van der Waals surface area contributed by atoms with Gasteiger partial charge >= 0.3 is 0 Å². The van der Waals surface area contributed by atoms with Crippen LogP contribution in [0.4, 0.5) is 0 Å². The Morgan fingerprint density at radius 1 is 1.32 bits per heavy atom. The van der Waals surface area contributed by atoms with E-state index in [1.165, 1.54) is 18.4 Å². The zero-order chi connectivity index (χ0) is 13.2. The third-order valence-electron chi connectivity index (χ3n) is 3.95. The highest BCUT2D eigenvalue weighted by molar-refractivity contribution is 5.81. The maximum absolute atomic E-state index is 12.1. The van der Waals surface area contributed by atoms with Gasteiger partial charge in [0.25, 0.3) is 5.91 Å². The van der Waals surface area contributed by atoms with Crippen molar-refractivity contribution in [1.82, 2.24) is 10.2 Å². The van der Waals surface area contributed by atoms with Crippen molar-refractivity contribution in [2.75, 3.05) is 20.2 Å². The summed E-state index contributed by atoms with van der Waals surface area (Å²) in [5.41, 5.74) is 1.17. The van der Waals surface area contributed by atoms with Gasteiger partial charge < -0.3 is 10.1 Å². The lowest BCUT2D eigenvalue weighted by Gasteiger charge is -2.40. The first-order valence-electron chi connectivity index (χ1n) is 6.95.